The van der Waals surface area contributed by atoms with Gasteiger partial charge in [-0.1, -0.05) is 55.3 Å². The lowest BCUT2D eigenvalue weighted by Gasteiger charge is -2.43. The molecule has 5 nitrogen and oxygen atoms in total. The van der Waals surface area contributed by atoms with Crippen LogP contribution in [0, 0.1) is 12.8 Å². The summed E-state index contributed by atoms with van der Waals surface area (Å²) in [7, 11) is 0. The molecule has 0 aromatic heterocycles. The molecule has 174 valence electrons. The van der Waals surface area contributed by atoms with E-state index in [1.807, 2.05) is 36.1 Å². The summed E-state index contributed by atoms with van der Waals surface area (Å²) < 4.78 is 0. The summed E-state index contributed by atoms with van der Waals surface area (Å²) in [4.78, 5) is 33.4. The maximum Gasteiger partial charge on any atom is 0.254 e. The van der Waals surface area contributed by atoms with Crippen molar-refractivity contribution in [3.05, 3.63) is 70.8 Å². The molecular weight excluding hydrogens is 410 g/mol. The lowest BCUT2D eigenvalue weighted by Crippen LogP contribution is -2.58. The van der Waals surface area contributed by atoms with Crippen molar-refractivity contribution in [1.29, 1.82) is 0 Å². The van der Waals surface area contributed by atoms with E-state index in [-0.39, 0.29) is 11.9 Å². The molecule has 1 aliphatic carbocycles. The lowest BCUT2D eigenvalue weighted by atomic mass is 9.92. The Bertz CT molecular complexity index is 1010. The number of piperazine rings is 1. The van der Waals surface area contributed by atoms with Crippen LogP contribution in [0.5, 0.6) is 0 Å². The highest BCUT2D eigenvalue weighted by Crippen LogP contribution is 2.33. The molecule has 0 spiro atoms. The summed E-state index contributed by atoms with van der Waals surface area (Å²) in [6.45, 7) is 6.45. The van der Waals surface area contributed by atoms with E-state index in [1.165, 1.54) is 24.0 Å². The first-order chi connectivity index (χ1) is 16.1. The van der Waals surface area contributed by atoms with E-state index in [2.05, 4.69) is 34.1 Å². The molecule has 2 aromatic carbocycles. The third kappa shape index (κ3) is 4.56. The van der Waals surface area contributed by atoms with Gasteiger partial charge in [0.2, 0.25) is 5.91 Å². The van der Waals surface area contributed by atoms with Crippen molar-refractivity contribution in [2.45, 2.75) is 51.6 Å². The summed E-state index contributed by atoms with van der Waals surface area (Å²) in [6, 6.07) is 16.3. The minimum atomic E-state index is -0.0477. The van der Waals surface area contributed by atoms with Crippen molar-refractivity contribution in [3.8, 4) is 0 Å². The number of hydrogen-bond acceptors (Lipinski definition) is 3. The normalized spacial score (nSPS) is 20.5. The zero-order valence-electron chi connectivity index (χ0n) is 19.7. The minimum absolute atomic E-state index is 0.0477. The van der Waals surface area contributed by atoms with Crippen molar-refractivity contribution >= 4 is 11.8 Å². The molecule has 2 aliphatic heterocycles. The Hall–Kier alpha value is -2.66. The van der Waals surface area contributed by atoms with Gasteiger partial charge in [-0.2, -0.15) is 0 Å². The molecule has 0 unspecified atom stereocenters. The van der Waals surface area contributed by atoms with Gasteiger partial charge in [0.25, 0.3) is 5.91 Å². The number of rotatable bonds is 4. The monoisotopic (exact) mass is 445 g/mol. The molecule has 0 bridgehead atoms. The highest BCUT2D eigenvalue weighted by molar-refractivity contribution is 5.95. The average Bonchev–Trinajstić information content (AvgIpc) is 3.38. The number of fused-ring (bicyclic) bond motifs is 1. The molecule has 33 heavy (non-hydrogen) atoms. The zero-order valence-corrected chi connectivity index (χ0v) is 19.7. The maximum atomic E-state index is 13.9. The Kier molecular flexibility index (Phi) is 6.50. The minimum Gasteiger partial charge on any atom is -0.337 e. The molecule has 0 radical (unpaired) electrons. The predicted octanol–water partition coefficient (Wildman–Crippen LogP) is 3.90. The third-order valence-corrected chi connectivity index (χ3v) is 7.91. The number of amides is 2. The number of nitrogens with zero attached hydrogens (tertiary/aromatic N) is 3. The zero-order chi connectivity index (χ0) is 22.8. The van der Waals surface area contributed by atoms with Crippen LogP contribution >= 0.6 is 0 Å². The third-order valence-electron chi connectivity index (χ3n) is 7.91. The molecule has 5 rings (SSSR count). The van der Waals surface area contributed by atoms with E-state index < -0.39 is 0 Å². The van der Waals surface area contributed by atoms with Crippen LogP contribution in [-0.2, 0) is 17.8 Å². The van der Waals surface area contributed by atoms with Crippen LogP contribution in [0.4, 0.5) is 0 Å². The van der Waals surface area contributed by atoms with Crippen LogP contribution in [0.2, 0.25) is 0 Å². The largest absolute Gasteiger partial charge is 0.337 e. The van der Waals surface area contributed by atoms with Crippen LogP contribution in [0.1, 0.15) is 52.7 Å². The van der Waals surface area contributed by atoms with Gasteiger partial charge >= 0.3 is 0 Å². The van der Waals surface area contributed by atoms with E-state index in [9.17, 15) is 9.59 Å². The first-order valence-electron chi connectivity index (χ1n) is 12.6. The fraction of sp³-hybridized carbons (Fsp3) is 0.500. The Morgan fingerprint density at radius 3 is 2.21 bits per heavy atom. The Morgan fingerprint density at radius 1 is 0.818 bits per heavy atom. The molecule has 1 atom stereocenters. The Balaban J connectivity index is 1.28. The number of carbonyl (C=O) groups excluding carboxylic acids is 2. The number of hydrogen-bond donors (Lipinski definition) is 0. The van der Waals surface area contributed by atoms with Gasteiger partial charge in [-0.05, 0) is 54.9 Å². The molecule has 2 amide bonds. The van der Waals surface area contributed by atoms with Crippen LogP contribution in [0.3, 0.4) is 0 Å². The molecule has 5 heteroatoms. The van der Waals surface area contributed by atoms with Crippen LogP contribution < -0.4 is 0 Å². The van der Waals surface area contributed by atoms with Gasteiger partial charge in [-0.25, -0.2) is 0 Å². The summed E-state index contributed by atoms with van der Waals surface area (Å²) in [5, 5.41) is 0. The summed E-state index contributed by atoms with van der Waals surface area (Å²) >= 11 is 0. The second kappa shape index (κ2) is 9.68. The van der Waals surface area contributed by atoms with Gasteiger partial charge in [-0.3, -0.25) is 14.5 Å². The van der Waals surface area contributed by atoms with Gasteiger partial charge in [0.15, 0.2) is 0 Å². The number of benzene rings is 2. The molecule has 0 N–H and O–H groups in total. The van der Waals surface area contributed by atoms with Gasteiger partial charge in [0, 0.05) is 44.8 Å². The maximum absolute atomic E-state index is 13.9. The molecular formula is C28H35N3O2. The van der Waals surface area contributed by atoms with Crippen molar-refractivity contribution < 1.29 is 9.59 Å². The van der Waals surface area contributed by atoms with Crippen LogP contribution in [-0.4, -0.2) is 65.3 Å². The van der Waals surface area contributed by atoms with Gasteiger partial charge in [0.1, 0.15) is 0 Å². The fourth-order valence-electron chi connectivity index (χ4n) is 5.99. The van der Waals surface area contributed by atoms with Gasteiger partial charge in [0.05, 0.1) is 6.04 Å². The van der Waals surface area contributed by atoms with Gasteiger partial charge in [-0.15, -0.1) is 0 Å². The highest BCUT2D eigenvalue weighted by Gasteiger charge is 2.40. The quantitative estimate of drug-likeness (QED) is 0.717. The SMILES string of the molecule is Cc1ccccc1C(=O)N1CCN([C@H](C(=O)N2CCc3ccccc3C2)C2CCCC2)CC1. The van der Waals surface area contributed by atoms with Crippen molar-refractivity contribution in [2.24, 2.45) is 5.92 Å². The summed E-state index contributed by atoms with van der Waals surface area (Å²) in [5.41, 5.74) is 4.48. The second-order valence-electron chi connectivity index (χ2n) is 9.91. The van der Waals surface area contributed by atoms with Crippen LogP contribution in [0.25, 0.3) is 0 Å². The van der Waals surface area contributed by atoms with Crippen LogP contribution in [0.15, 0.2) is 48.5 Å². The van der Waals surface area contributed by atoms with Crippen molar-refractivity contribution in [3.63, 3.8) is 0 Å². The van der Waals surface area contributed by atoms with Crippen molar-refractivity contribution in [2.75, 3.05) is 32.7 Å². The molecule has 2 aromatic rings. The highest BCUT2D eigenvalue weighted by atomic mass is 16.2. The molecule has 2 fully saturated rings. The smallest absolute Gasteiger partial charge is 0.254 e. The van der Waals surface area contributed by atoms with Crippen molar-refractivity contribution in [1.82, 2.24) is 14.7 Å². The van der Waals surface area contributed by atoms with E-state index in [1.54, 1.807) is 0 Å². The first-order valence-corrected chi connectivity index (χ1v) is 12.6. The van der Waals surface area contributed by atoms with E-state index in [0.29, 0.717) is 24.9 Å². The molecule has 2 heterocycles. The Morgan fingerprint density at radius 2 is 1.48 bits per heavy atom. The lowest BCUT2D eigenvalue weighted by molar-refractivity contribution is -0.141. The topological polar surface area (TPSA) is 43.9 Å². The predicted molar refractivity (Wildman–Crippen MR) is 130 cm³/mol. The fourth-order valence-corrected chi connectivity index (χ4v) is 5.99. The summed E-state index contributed by atoms with van der Waals surface area (Å²) in [6.07, 6.45) is 5.68. The van der Waals surface area contributed by atoms with Gasteiger partial charge < -0.3 is 9.80 Å². The average molecular weight is 446 g/mol. The molecule has 1 saturated heterocycles. The molecule has 1 saturated carbocycles. The number of aryl methyl sites for hydroxylation is 1. The summed E-state index contributed by atoms with van der Waals surface area (Å²) in [5.74, 6) is 0.854. The van der Waals surface area contributed by atoms with E-state index in [4.69, 9.17) is 0 Å². The van der Waals surface area contributed by atoms with E-state index in [0.717, 1.165) is 56.6 Å². The Labute approximate surface area is 197 Å². The first kappa shape index (κ1) is 22.1. The number of carbonyl (C=O) groups is 2. The second-order valence-corrected chi connectivity index (χ2v) is 9.91. The molecule has 3 aliphatic rings. The van der Waals surface area contributed by atoms with E-state index >= 15 is 0 Å². The standard InChI is InChI=1S/C28H35N3O2/c1-21-8-2-7-13-25(21)27(32)30-18-16-29(17-19-30)26(23-10-4-5-11-23)28(33)31-15-14-22-9-3-6-12-24(22)20-31/h2-3,6-9,12-13,23,26H,4-5,10-11,14-20H2,1H3/t26-/m0/s1.